The van der Waals surface area contributed by atoms with Crippen molar-refractivity contribution < 1.29 is 65.7 Å². The van der Waals surface area contributed by atoms with Gasteiger partial charge in [0.05, 0.1) is 23.7 Å². The van der Waals surface area contributed by atoms with Crippen LogP contribution in [0.15, 0.2) is 18.2 Å². The van der Waals surface area contributed by atoms with Crippen LogP contribution in [0, 0.1) is 10.1 Å². The number of nitrogens with zero attached hydrogens (tertiary/aromatic N) is 3. The summed E-state index contributed by atoms with van der Waals surface area (Å²) in [6.07, 6.45) is -6.10. The van der Waals surface area contributed by atoms with E-state index in [2.05, 4.69) is 10.2 Å². The Hall–Kier alpha value is -3.71. The van der Waals surface area contributed by atoms with E-state index in [0.717, 1.165) is 37.8 Å². The van der Waals surface area contributed by atoms with E-state index in [1.807, 2.05) is 0 Å². The number of carboxylic acid groups (broad SMARTS) is 2. The Morgan fingerprint density at radius 3 is 2.16 bits per heavy atom. The van der Waals surface area contributed by atoms with Crippen molar-refractivity contribution in [1.82, 2.24) is 15.1 Å². The number of benzene rings is 1. The molecule has 2 aliphatic rings. The average Bonchev–Trinajstić information content (AvgIpc) is 2.88. The summed E-state index contributed by atoms with van der Waals surface area (Å²) >= 11 is 0. The fourth-order valence-electron chi connectivity index (χ4n) is 4.32. The highest BCUT2D eigenvalue weighted by Gasteiger charge is 2.45. The Morgan fingerprint density at radius 2 is 1.67 bits per heavy atom. The van der Waals surface area contributed by atoms with Crippen LogP contribution in [-0.2, 0) is 25.7 Å². The summed E-state index contributed by atoms with van der Waals surface area (Å²) in [5.41, 5.74) is 0.158. The number of ether oxygens (including phenoxy) is 1. The minimum Gasteiger partial charge on any atom is -0.502 e. The number of aliphatic carboxylic acids is 2. The first-order chi connectivity index (χ1) is 19.7. The van der Waals surface area contributed by atoms with E-state index in [9.17, 15) is 46.4 Å². The Balaban J connectivity index is 0.000000548. The van der Waals surface area contributed by atoms with Gasteiger partial charge in [0, 0.05) is 45.8 Å². The van der Waals surface area contributed by atoms with Crippen molar-refractivity contribution in [3.8, 4) is 5.75 Å². The normalized spacial score (nSPS) is 20.6. The van der Waals surface area contributed by atoms with Gasteiger partial charge in [-0.1, -0.05) is 18.9 Å². The van der Waals surface area contributed by atoms with Crippen molar-refractivity contribution in [2.24, 2.45) is 0 Å². The van der Waals surface area contributed by atoms with Crippen LogP contribution in [-0.4, -0.2) is 112 Å². The number of nitro groups is 1. The molecule has 19 heteroatoms. The predicted octanol–water partition coefficient (Wildman–Crippen LogP) is 2.76. The zero-order valence-corrected chi connectivity index (χ0v) is 23.1. The summed E-state index contributed by atoms with van der Waals surface area (Å²) in [7, 11) is 3.49. The lowest BCUT2D eigenvalue weighted by Crippen LogP contribution is -2.63. The molecule has 0 radical (unpaired) electrons. The summed E-state index contributed by atoms with van der Waals surface area (Å²) in [6, 6.07) is 4.62. The van der Waals surface area contributed by atoms with E-state index in [1.54, 1.807) is 25.1 Å². The highest BCUT2D eigenvalue weighted by Crippen LogP contribution is 2.36. The highest BCUT2D eigenvalue weighted by atomic mass is 19.4. The van der Waals surface area contributed by atoms with Gasteiger partial charge in [-0.15, -0.1) is 0 Å². The van der Waals surface area contributed by atoms with E-state index in [0.29, 0.717) is 19.7 Å². The molecule has 1 aromatic carbocycles. The van der Waals surface area contributed by atoms with Gasteiger partial charge in [-0.2, -0.15) is 26.3 Å². The largest absolute Gasteiger partial charge is 0.502 e. The predicted molar refractivity (Wildman–Crippen MR) is 135 cm³/mol. The lowest BCUT2D eigenvalue weighted by Gasteiger charge is -2.50. The van der Waals surface area contributed by atoms with Crippen LogP contribution in [0.1, 0.15) is 31.2 Å². The highest BCUT2D eigenvalue weighted by molar-refractivity contribution is 5.77. The SMILES string of the molecule is CN(C)C(=O)CNC1CCCCC12CN(Cc1ccc(O)c([N+](=O)[O-])c1)CCO2.O=C(O)C(F)(F)F.O=C(O)C(F)(F)F. The maximum absolute atomic E-state index is 12.0. The quantitative estimate of drug-likeness (QED) is 0.205. The first-order valence-electron chi connectivity index (χ1n) is 12.6. The smallest absolute Gasteiger partial charge is 0.490 e. The van der Waals surface area contributed by atoms with E-state index in [1.165, 1.54) is 12.1 Å². The Bertz CT molecular complexity index is 1110. The molecule has 1 amide bonds. The maximum atomic E-state index is 12.0. The van der Waals surface area contributed by atoms with Gasteiger partial charge in [0.1, 0.15) is 0 Å². The molecule has 0 bridgehead atoms. The number of carbonyl (C=O) groups excluding carboxylic acids is 1. The third kappa shape index (κ3) is 12.2. The van der Waals surface area contributed by atoms with Crippen LogP contribution in [0.4, 0.5) is 32.0 Å². The van der Waals surface area contributed by atoms with Gasteiger partial charge < -0.3 is 30.3 Å². The molecular weight excluding hydrogens is 602 g/mol. The van der Waals surface area contributed by atoms with Crippen LogP contribution in [0.3, 0.4) is 0 Å². The number of likely N-dealkylation sites (N-methyl/N-ethyl adjacent to an activating group) is 1. The van der Waals surface area contributed by atoms with E-state index >= 15 is 0 Å². The molecule has 2 fully saturated rings. The third-order valence-corrected chi connectivity index (χ3v) is 6.39. The molecular formula is C24H32F6N4O9. The van der Waals surface area contributed by atoms with Crippen molar-refractivity contribution in [3.63, 3.8) is 0 Å². The van der Waals surface area contributed by atoms with Gasteiger partial charge in [-0.25, -0.2) is 9.59 Å². The number of aromatic hydroxyl groups is 1. The zero-order valence-electron chi connectivity index (χ0n) is 23.1. The molecule has 13 nitrogen and oxygen atoms in total. The number of hydrogen-bond acceptors (Lipinski definition) is 9. The van der Waals surface area contributed by atoms with Gasteiger partial charge in [0.25, 0.3) is 0 Å². The van der Waals surface area contributed by atoms with E-state index < -0.39 is 29.2 Å². The molecule has 1 spiro atoms. The number of amides is 1. The molecule has 2 unspecified atom stereocenters. The molecule has 1 aliphatic carbocycles. The number of hydrogen-bond donors (Lipinski definition) is 4. The minimum absolute atomic E-state index is 0.0368. The second-order valence-corrected chi connectivity index (χ2v) is 9.78. The fraction of sp³-hybridized carbons (Fsp3) is 0.625. The number of phenols is 1. The number of nitrogens with one attached hydrogen (secondary N) is 1. The van der Waals surface area contributed by atoms with Crippen molar-refractivity contribution >= 4 is 23.5 Å². The number of halogens is 6. The van der Waals surface area contributed by atoms with Gasteiger partial charge in [-0.05, 0) is 24.5 Å². The fourth-order valence-corrected chi connectivity index (χ4v) is 4.32. The molecule has 1 aromatic rings. The topological polar surface area (TPSA) is 183 Å². The Kier molecular flexibility index (Phi) is 13.6. The Morgan fingerprint density at radius 1 is 1.12 bits per heavy atom. The molecule has 1 aliphatic heterocycles. The van der Waals surface area contributed by atoms with Crippen molar-refractivity contribution in [3.05, 3.63) is 33.9 Å². The van der Waals surface area contributed by atoms with Crippen molar-refractivity contribution in [1.29, 1.82) is 0 Å². The van der Waals surface area contributed by atoms with Crippen LogP contribution in [0.2, 0.25) is 0 Å². The number of phenolic OH excluding ortho intramolecular Hbond substituents is 1. The lowest BCUT2D eigenvalue weighted by atomic mass is 9.78. The number of alkyl halides is 6. The lowest BCUT2D eigenvalue weighted by molar-refractivity contribution is -0.385. The number of carboxylic acids is 2. The number of nitro benzene ring substituents is 1. The Labute approximate surface area is 241 Å². The summed E-state index contributed by atoms with van der Waals surface area (Å²) < 4.78 is 69.8. The molecule has 244 valence electrons. The van der Waals surface area contributed by atoms with Gasteiger partial charge >= 0.3 is 30.0 Å². The molecule has 1 heterocycles. The molecule has 4 N–H and O–H groups in total. The van der Waals surface area contributed by atoms with E-state index in [-0.39, 0.29) is 35.5 Å². The molecule has 0 aromatic heterocycles. The summed E-state index contributed by atoms with van der Waals surface area (Å²) in [5.74, 6) is -5.80. The minimum atomic E-state index is -5.08. The number of carbonyl (C=O) groups is 3. The second-order valence-electron chi connectivity index (χ2n) is 9.78. The monoisotopic (exact) mass is 634 g/mol. The van der Waals surface area contributed by atoms with Crippen molar-refractivity contribution in [2.45, 2.75) is 56.2 Å². The molecule has 1 saturated heterocycles. The average molecular weight is 635 g/mol. The first kappa shape index (κ1) is 37.3. The third-order valence-electron chi connectivity index (χ3n) is 6.39. The summed E-state index contributed by atoms with van der Waals surface area (Å²) in [6.45, 7) is 2.86. The molecule has 43 heavy (non-hydrogen) atoms. The van der Waals surface area contributed by atoms with Crippen LogP contribution in [0.25, 0.3) is 0 Å². The standard InChI is InChI=1S/C20H30N4O5.2C2HF3O2/c1-22(2)19(26)12-21-18-5-3-4-8-20(18)14-23(9-10-29-20)13-15-6-7-17(25)16(11-15)24(27)28;2*3-2(4,5)1(6)7/h6-7,11,18,21,25H,3-5,8-10,12-14H2,1-2H3;2*(H,6,7). The summed E-state index contributed by atoms with van der Waals surface area (Å²) in [4.78, 5) is 44.2. The molecule has 1 saturated carbocycles. The van der Waals surface area contributed by atoms with Gasteiger partial charge in [0.2, 0.25) is 5.91 Å². The van der Waals surface area contributed by atoms with Crippen LogP contribution in [0.5, 0.6) is 5.75 Å². The second kappa shape index (κ2) is 15.7. The zero-order chi connectivity index (χ0) is 33.2. The maximum Gasteiger partial charge on any atom is 0.490 e. The van der Waals surface area contributed by atoms with Gasteiger partial charge in [0.15, 0.2) is 5.75 Å². The summed E-state index contributed by atoms with van der Waals surface area (Å²) in [5, 5.41) is 38.4. The molecule has 3 rings (SSSR count). The van der Waals surface area contributed by atoms with Crippen LogP contribution >= 0.6 is 0 Å². The van der Waals surface area contributed by atoms with E-state index in [4.69, 9.17) is 24.5 Å². The van der Waals surface area contributed by atoms with Crippen LogP contribution < -0.4 is 5.32 Å². The first-order valence-corrected chi connectivity index (χ1v) is 12.6. The van der Waals surface area contributed by atoms with Crippen molar-refractivity contribution in [2.75, 3.05) is 40.3 Å². The number of rotatable bonds is 6. The van der Waals surface area contributed by atoms with Gasteiger partial charge in [-0.3, -0.25) is 19.8 Å². The number of morpholine rings is 1. The molecule has 2 atom stereocenters.